The fourth-order valence-corrected chi connectivity index (χ4v) is 0.840. The van der Waals surface area contributed by atoms with E-state index in [0.29, 0.717) is 5.54 Å². The first-order valence-electron chi connectivity index (χ1n) is 3.36. The summed E-state index contributed by atoms with van der Waals surface area (Å²) in [7, 11) is 0. The van der Waals surface area contributed by atoms with E-state index in [0.717, 1.165) is 6.04 Å². The predicted octanol–water partition coefficient (Wildman–Crippen LogP) is 1.54. The van der Waals surface area contributed by atoms with Crippen molar-refractivity contribution >= 4 is 0 Å². The van der Waals surface area contributed by atoms with Crippen LogP contribution in [-0.2, 0) is 0 Å². The van der Waals surface area contributed by atoms with Crippen LogP contribution >= 0.6 is 0 Å². The van der Waals surface area contributed by atoms with Crippen LogP contribution < -0.4 is 5.32 Å². The summed E-state index contributed by atoms with van der Waals surface area (Å²) in [6.07, 6.45) is 2.77. The molecule has 1 heteroatoms. The Labute approximate surface area is 51.5 Å². The fourth-order valence-electron chi connectivity index (χ4n) is 0.840. The van der Waals surface area contributed by atoms with Gasteiger partial charge in [0.05, 0.1) is 0 Å². The lowest BCUT2D eigenvalue weighted by molar-refractivity contribution is 0.422. The fraction of sp³-hybridized carbons (Fsp3) is 1.00. The smallest absolute Gasteiger partial charge is 0.00990 e. The molecule has 1 rings (SSSR count). The third-order valence-electron chi connectivity index (χ3n) is 1.21. The Balaban J connectivity index is 2.16. The number of rotatable bonds is 1. The number of nitrogens with one attached hydrogen (secondary N) is 1. The number of hydrogen-bond acceptors (Lipinski definition) is 1. The van der Waals surface area contributed by atoms with Gasteiger partial charge in [-0.2, -0.15) is 0 Å². The highest BCUT2D eigenvalue weighted by Gasteiger charge is 2.25. The Kier molecular flexibility index (Phi) is 1.31. The van der Waals surface area contributed by atoms with Crippen molar-refractivity contribution in [1.29, 1.82) is 0 Å². The largest absolute Gasteiger partial charge is 0.309 e. The van der Waals surface area contributed by atoms with E-state index in [1.54, 1.807) is 0 Å². The van der Waals surface area contributed by atoms with E-state index in [9.17, 15) is 0 Å². The molecule has 0 amide bonds. The molecule has 0 aromatic heterocycles. The van der Waals surface area contributed by atoms with Gasteiger partial charge >= 0.3 is 0 Å². The molecule has 0 aromatic carbocycles. The maximum atomic E-state index is 3.49. The Hall–Kier alpha value is -0.0400. The molecule has 0 heterocycles. The van der Waals surface area contributed by atoms with Gasteiger partial charge in [0.25, 0.3) is 0 Å². The van der Waals surface area contributed by atoms with Crippen LogP contribution in [0, 0.1) is 0 Å². The predicted molar refractivity (Wildman–Crippen MR) is 35.9 cm³/mol. The van der Waals surface area contributed by atoms with Crippen molar-refractivity contribution in [1.82, 2.24) is 5.32 Å². The molecule has 0 bridgehead atoms. The Morgan fingerprint density at radius 3 is 1.88 bits per heavy atom. The van der Waals surface area contributed by atoms with Crippen molar-refractivity contribution in [2.75, 3.05) is 0 Å². The zero-order valence-electron chi connectivity index (χ0n) is 5.99. The Morgan fingerprint density at radius 2 is 1.75 bits per heavy atom. The van der Waals surface area contributed by atoms with E-state index >= 15 is 0 Å². The topological polar surface area (TPSA) is 12.0 Å². The van der Waals surface area contributed by atoms with Gasteiger partial charge in [0, 0.05) is 11.6 Å². The van der Waals surface area contributed by atoms with Gasteiger partial charge in [-0.25, -0.2) is 0 Å². The van der Waals surface area contributed by atoms with Gasteiger partial charge in [0.1, 0.15) is 0 Å². The van der Waals surface area contributed by atoms with Crippen molar-refractivity contribution in [2.45, 2.75) is 45.2 Å². The van der Waals surface area contributed by atoms with Crippen LogP contribution in [0.5, 0.6) is 0 Å². The quantitative estimate of drug-likeness (QED) is 0.544. The highest BCUT2D eigenvalue weighted by atomic mass is 15.0. The third-order valence-corrected chi connectivity index (χ3v) is 1.21. The van der Waals surface area contributed by atoms with E-state index < -0.39 is 0 Å². The molecule has 1 aliphatic rings. The summed E-state index contributed by atoms with van der Waals surface area (Å²) in [5.74, 6) is 0. The lowest BCUT2D eigenvalue weighted by atomic mass is 10.1. The Bertz CT molecular complexity index is 76.9. The highest BCUT2D eigenvalue weighted by Crippen LogP contribution is 2.21. The summed E-state index contributed by atoms with van der Waals surface area (Å²) in [5.41, 5.74) is 0.334. The van der Waals surface area contributed by atoms with Gasteiger partial charge in [0.2, 0.25) is 0 Å². The standard InChI is InChI=1S/C7H15N/c1-7(2,3)8-6-4-5-6/h6,8H,4-5H2,1-3H3. The van der Waals surface area contributed by atoms with E-state index in [2.05, 4.69) is 26.1 Å². The molecule has 0 unspecified atom stereocenters. The molecule has 0 atom stereocenters. The second-order valence-electron chi connectivity index (χ2n) is 3.67. The molecule has 1 saturated carbocycles. The van der Waals surface area contributed by atoms with Crippen molar-refractivity contribution < 1.29 is 0 Å². The minimum Gasteiger partial charge on any atom is -0.309 e. The van der Waals surface area contributed by atoms with E-state index in [1.807, 2.05) is 0 Å². The van der Waals surface area contributed by atoms with Crippen molar-refractivity contribution in [3.05, 3.63) is 0 Å². The Morgan fingerprint density at radius 1 is 1.25 bits per heavy atom. The first-order valence-corrected chi connectivity index (χ1v) is 3.36. The van der Waals surface area contributed by atoms with Crippen molar-refractivity contribution in [3.63, 3.8) is 0 Å². The van der Waals surface area contributed by atoms with Crippen LogP contribution in [0.2, 0.25) is 0 Å². The van der Waals surface area contributed by atoms with Crippen LogP contribution in [-0.4, -0.2) is 11.6 Å². The SMILES string of the molecule is CC(C)(C)NC1CC1. The van der Waals surface area contributed by atoms with Crippen molar-refractivity contribution in [2.24, 2.45) is 0 Å². The average molecular weight is 113 g/mol. The van der Waals surface area contributed by atoms with Crippen LogP contribution in [0.15, 0.2) is 0 Å². The molecule has 0 aromatic rings. The summed E-state index contributed by atoms with van der Waals surface area (Å²) in [5, 5.41) is 3.49. The van der Waals surface area contributed by atoms with E-state index in [4.69, 9.17) is 0 Å². The van der Waals surface area contributed by atoms with Gasteiger partial charge < -0.3 is 5.32 Å². The summed E-state index contributed by atoms with van der Waals surface area (Å²) in [6, 6.07) is 0.843. The zero-order valence-corrected chi connectivity index (χ0v) is 5.99. The molecule has 1 fully saturated rings. The summed E-state index contributed by atoms with van der Waals surface area (Å²) >= 11 is 0. The maximum absolute atomic E-state index is 3.49. The minimum atomic E-state index is 0.334. The summed E-state index contributed by atoms with van der Waals surface area (Å²) in [6.45, 7) is 6.64. The molecule has 0 radical (unpaired) electrons. The first-order chi connectivity index (χ1) is 3.58. The molecule has 1 aliphatic carbocycles. The summed E-state index contributed by atoms with van der Waals surface area (Å²) < 4.78 is 0. The van der Waals surface area contributed by atoms with Crippen LogP contribution in [0.25, 0.3) is 0 Å². The molecular weight excluding hydrogens is 98.1 g/mol. The van der Waals surface area contributed by atoms with E-state index in [-0.39, 0.29) is 0 Å². The van der Waals surface area contributed by atoms with Crippen LogP contribution in [0.4, 0.5) is 0 Å². The van der Waals surface area contributed by atoms with Gasteiger partial charge in [-0.15, -0.1) is 0 Å². The average Bonchev–Trinajstić information content (AvgIpc) is 2.12. The molecule has 0 spiro atoms. The maximum Gasteiger partial charge on any atom is 0.00990 e. The van der Waals surface area contributed by atoms with Gasteiger partial charge in [-0.05, 0) is 33.6 Å². The second kappa shape index (κ2) is 1.73. The molecule has 1 N–H and O–H groups in total. The molecule has 1 nitrogen and oxygen atoms in total. The molecule has 8 heavy (non-hydrogen) atoms. The molecule has 48 valence electrons. The highest BCUT2D eigenvalue weighted by molar-refractivity contribution is 4.86. The zero-order chi connectivity index (χ0) is 6.20. The second-order valence-corrected chi connectivity index (χ2v) is 3.67. The normalized spacial score (nSPS) is 21.4. The third kappa shape index (κ3) is 2.31. The van der Waals surface area contributed by atoms with Crippen LogP contribution in [0.3, 0.4) is 0 Å². The van der Waals surface area contributed by atoms with Crippen molar-refractivity contribution in [3.8, 4) is 0 Å². The van der Waals surface area contributed by atoms with Gasteiger partial charge in [-0.3, -0.25) is 0 Å². The van der Waals surface area contributed by atoms with Gasteiger partial charge in [-0.1, -0.05) is 0 Å². The monoisotopic (exact) mass is 113 g/mol. The molecule has 0 saturated heterocycles. The van der Waals surface area contributed by atoms with E-state index in [1.165, 1.54) is 12.8 Å². The molecule has 0 aliphatic heterocycles. The summed E-state index contributed by atoms with van der Waals surface area (Å²) in [4.78, 5) is 0. The number of hydrogen-bond donors (Lipinski definition) is 1. The minimum absolute atomic E-state index is 0.334. The lowest BCUT2D eigenvalue weighted by Crippen LogP contribution is -2.37. The first kappa shape index (κ1) is 6.09. The van der Waals surface area contributed by atoms with Gasteiger partial charge in [0.15, 0.2) is 0 Å². The van der Waals surface area contributed by atoms with Crippen LogP contribution in [0.1, 0.15) is 33.6 Å². The lowest BCUT2D eigenvalue weighted by Gasteiger charge is -2.19. The molecular formula is C7H15N.